The monoisotopic (exact) mass is 211 g/mol. The highest BCUT2D eigenvalue weighted by atomic mass is 16.3. The van der Waals surface area contributed by atoms with Crippen molar-refractivity contribution < 1.29 is 9.21 Å². The van der Waals surface area contributed by atoms with Crippen LogP contribution in [-0.4, -0.2) is 5.78 Å². The minimum atomic E-state index is 0.0312. The topological polar surface area (TPSA) is 54.0 Å². The van der Waals surface area contributed by atoms with Crippen LogP contribution in [0.2, 0.25) is 0 Å². The standard InChI is InChI=1S/C13H9NO2/c1-9(15)10-2-4-11(5-3-10)13-7-6-12(8-14)16-13/h2-7H,1H3. The van der Waals surface area contributed by atoms with Gasteiger partial charge in [0.25, 0.3) is 0 Å². The smallest absolute Gasteiger partial charge is 0.204 e. The van der Waals surface area contributed by atoms with Gasteiger partial charge < -0.3 is 4.42 Å². The number of nitrogens with zero attached hydrogens (tertiary/aromatic N) is 1. The van der Waals surface area contributed by atoms with Crippen molar-refractivity contribution >= 4 is 5.78 Å². The first-order chi connectivity index (χ1) is 7.70. The molecule has 0 aliphatic rings. The van der Waals surface area contributed by atoms with Crippen LogP contribution in [0.1, 0.15) is 23.0 Å². The number of furan rings is 1. The van der Waals surface area contributed by atoms with Crippen LogP contribution in [0, 0.1) is 11.3 Å². The molecule has 2 aromatic rings. The number of ketones is 1. The minimum Gasteiger partial charge on any atom is -0.446 e. The van der Waals surface area contributed by atoms with Gasteiger partial charge in [-0.2, -0.15) is 5.26 Å². The molecule has 16 heavy (non-hydrogen) atoms. The van der Waals surface area contributed by atoms with E-state index in [-0.39, 0.29) is 11.5 Å². The van der Waals surface area contributed by atoms with Gasteiger partial charge in [0.1, 0.15) is 11.8 Å². The largest absolute Gasteiger partial charge is 0.446 e. The van der Waals surface area contributed by atoms with Crippen LogP contribution in [0.4, 0.5) is 0 Å². The Morgan fingerprint density at radius 2 is 1.88 bits per heavy atom. The first kappa shape index (κ1) is 10.2. The second kappa shape index (κ2) is 4.03. The van der Waals surface area contributed by atoms with Gasteiger partial charge in [-0.3, -0.25) is 4.79 Å². The van der Waals surface area contributed by atoms with E-state index in [1.54, 1.807) is 36.4 Å². The summed E-state index contributed by atoms with van der Waals surface area (Å²) in [7, 11) is 0. The van der Waals surface area contributed by atoms with Crippen molar-refractivity contribution in [3.8, 4) is 17.4 Å². The van der Waals surface area contributed by atoms with Crippen LogP contribution in [0.5, 0.6) is 0 Å². The zero-order valence-electron chi connectivity index (χ0n) is 8.73. The van der Waals surface area contributed by atoms with E-state index >= 15 is 0 Å². The average molecular weight is 211 g/mol. The predicted molar refractivity (Wildman–Crippen MR) is 58.9 cm³/mol. The molecule has 0 spiro atoms. The SMILES string of the molecule is CC(=O)c1ccc(-c2ccc(C#N)o2)cc1. The van der Waals surface area contributed by atoms with Crippen molar-refractivity contribution in [3.63, 3.8) is 0 Å². The highest BCUT2D eigenvalue weighted by Crippen LogP contribution is 2.22. The molecule has 3 nitrogen and oxygen atoms in total. The lowest BCUT2D eigenvalue weighted by molar-refractivity contribution is 0.101. The molecule has 3 heteroatoms. The molecule has 0 saturated carbocycles. The van der Waals surface area contributed by atoms with Crippen LogP contribution in [0.15, 0.2) is 40.8 Å². The molecule has 1 heterocycles. The second-order valence-electron chi connectivity index (χ2n) is 3.41. The normalized spacial score (nSPS) is 9.75. The average Bonchev–Trinajstić information content (AvgIpc) is 2.77. The number of hydrogen-bond donors (Lipinski definition) is 0. The van der Waals surface area contributed by atoms with Gasteiger partial charge in [0.2, 0.25) is 5.76 Å². The first-order valence-electron chi connectivity index (χ1n) is 4.82. The van der Waals surface area contributed by atoms with Crippen LogP contribution in [-0.2, 0) is 0 Å². The fourth-order valence-corrected chi connectivity index (χ4v) is 1.42. The number of hydrogen-bond acceptors (Lipinski definition) is 3. The highest BCUT2D eigenvalue weighted by molar-refractivity contribution is 5.94. The number of rotatable bonds is 2. The fourth-order valence-electron chi connectivity index (χ4n) is 1.42. The molecule has 0 aliphatic carbocycles. The third kappa shape index (κ3) is 1.86. The summed E-state index contributed by atoms with van der Waals surface area (Å²) in [6.07, 6.45) is 0. The highest BCUT2D eigenvalue weighted by Gasteiger charge is 2.05. The van der Waals surface area contributed by atoms with Crippen molar-refractivity contribution in [2.45, 2.75) is 6.92 Å². The number of benzene rings is 1. The summed E-state index contributed by atoms with van der Waals surface area (Å²) in [6.45, 7) is 1.52. The zero-order valence-corrected chi connectivity index (χ0v) is 8.73. The van der Waals surface area contributed by atoms with E-state index in [1.807, 2.05) is 6.07 Å². The number of carbonyl (C=O) groups excluding carboxylic acids is 1. The summed E-state index contributed by atoms with van der Waals surface area (Å²) in [4.78, 5) is 11.1. The van der Waals surface area contributed by atoms with Gasteiger partial charge >= 0.3 is 0 Å². The number of carbonyl (C=O) groups is 1. The van der Waals surface area contributed by atoms with E-state index in [2.05, 4.69) is 0 Å². The van der Waals surface area contributed by atoms with E-state index in [0.717, 1.165) is 5.56 Å². The Balaban J connectivity index is 2.35. The Bertz CT molecular complexity index is 558. The zero-order chi connectivity index (χ0) is 11.5. The van der Waals surface area contributed by atoms with Gasteiger partial charge in [-0.15, -0.1) is 0 Å². The second-order valence-corrected chi connectivity index (χ2v) is 3.41. The summed E-state index contributed by atoms with van der Waals surface area (Å²) in [5.41, 5.74) is 1.52. The molecule has 0 N–H and O–H groups in total. The first-order valence-corrected chi connectivity index (χ1v) is 4.82. The molecule has 0 radical (unpaired) electrons. The maximum Gasteiger partial charge on any atom is 0.204 e. The maximum atomic E-state index is 11.1. The molecule has 0 saturated heterocycles. The molecular weight excluding hydrogens is 202 g/mol. The Labute approximate surface area is 92.9 Å². The van der Waals surface area contributed by atoms with Gasteiger partial charge in [0, 0.05) is 11.1 Å². The maximum absolute atomic E-state index is 11.1. The lowest BCUT2D eigenvalue weighted by atomic mass is 10.1. The molecule has 0 aliphatic heterocycles. The van der Waals surface area contributed by atoms with Crippen LogP contribution < -0.4 is 0 Å². The molecule has 1 aromatic heterocycles. The van der Waals surface area contributed by atoms with Crippen molar-refractivity contribution in [1.29, 1.82) is 5.26 Å². The molecular formula is C13H9NO2. The fraction of sp³-hybridized carbons (Fsp3) is 0.0769. The van der Waals surface area contributed by atoms with Gasteiger partial charge in [0.15, 0.2) is 5.78 Å². The lowest BCUT2D eigenvalue weighted by Crippen LogP contribution is -1.90. The summed E-state index contributed by atoms with van der Waals surface area (Å²) in [6, 6.07) is 12.4. The van der Waals surface area contributed by atoms with Crippen LogP contribution >= 0.6 is 0 Å². The summed E-state index contributed by atoms with van der Waals surface area (Å²) in [5, 5.41) is 8.63. The lowest BCUT2D eigenvalue weighted by Gasteiger charge is -1.98. The van der Waals surface area contributed by atoms with Crippen molar-refractivity contribution in [2.24, 2.45) is 0 Å². The third-order valence-corrected chi connectivity index (χ3v) is 2.29. The van der Waals surface area contributed by atoms with Crippen molar-refractivity contribution in [2.75, 3.05) is 0 Å². The summed E-state index contributed by atoms with van der Waals surface area (Å²) < 4.78 is 5.27. The number of Topliss-reactive ketones (excluding diaryl/α,β-unsaturated/α-hetero) is 1. The van der Waals surface area contributed by atoms with Gasteiger partial charge in [0.05, 0.1) is 0 Å². The predicted octanol–water partition coefficient (Wildman–Crippen LogP) is 3.02. The summed E-state index contributed by atoms with van der Waals surface area (Å²) in [5.74, 6) is 0.945. The van der Waals surface area contributed by atoms with E-state index in [4.69, 9.17) is 9.68 Å². The van der Waals surface area contributed by atoms with Gasteiger partial charge in [-0.1, -0.05) is 24.3 Å². The number of nitriles is 1. The molecule has 0 bridgehead atoms. The van der Waals surface area contributed by atoms with Crippen molar-refractivity contribution in [3.05, 3.63) is 47.7 Å². The van der Waals surface area contributed by atoms with Gasteiger partial charge in [-0.25, -0.2) is 0 Å². The van der Waals surface area contributed by atoms with Crippen LogP contribution in [0.3, 0.4) is 0 Å². The summed E-state index contributed by atoms with van der Waals surface area (Å²) >= 11 is 0. The quantitative estimate of drug-likeness (QED) is 0.717. The molecule has 0 atom stereocenters. The Hall–Kier alpha value is -2.34. The minimum absolute atomic E-state index is 0.0312. The van der Waals surface area contributed by atoms with E-state index in [0.29, 0.717) is 11.3 Å². The van der Waals surface area contributed by atoms with Gasteiger partial charge in [-0.05, 0) is 19.1 Å². The molecule has 78 valence electrons. The Morgan fingerprint density at radius 1 is 1.19 bits per heavy atom. The molecule has 2 rings (SSSR count). The van der Waals surface area contributed by atoms with E-state index in [9.17, 15) is 4.79 Å². The molecule has 0 amide bonds. The van der Waals surface area contributed by atoms with E-state index < -0.39 is 0 Å². The molecule has 1 aromatic carbocycles. The van der Waals surface area contributed by atoms with Crippen molar-refractivity contribution in [1.82, 2.24) is 0 Å². The molecule has 0 unspecified atom stereocenters. The Kier molecular flexibility index (Phi) is 2.57. The third-order valence-electron chi connectivity index (χ3n) is 2.29. The van der Waals surface area contributed by atoms with Crippen LogP contribution in [0.25, 0.3) is 11.3 Å². The Morgan fingerprint density at radius 3 is 2.38 bits per heavy atom. The van der Waals surface area contributed by atoms with E-state index in [1.165, 1.54) is 6.92 Å². The molecule has 0 fully saturated rings.